The number of hydrogen-bond acceptors (Lipinski definition) is 5. The quantitative estimate of drug-likeness (QED) is 0.710. The Balaban J connectivity index is 2.06. The Hall–Kier alpha value is -2.63. The van der Waals surface area contributed by atoms with Gasteiger partial charge in [0, 0.05) is 24.8 Å². The van der Waals surface area contributed by atoms with Crippen molar-refractivity contribution in [3.63, 3.8) is 0 Å². The number of rotatable bonds is 2. The summed E-state index contributed by atoms with van der Waals surface area (Å²) in [4.78, 5) is 16.7. The van der Waals surface area contributed by atoms with Crippen molar-refractivity contribution in [2.24, 2.45) is 0 Å². The lowest BCUT2D eigenvalue weighted by atomic mass is 10.3. The van der Waals surface area contributed by atoms with Gasteiger partial charge in [0.25, 0.3) is 0 Å². The Bertz CT molecular complexity index is 605. The molecule has 1 N–H and O–H groups in total. The summed E-state index contributed by atoms with van der Waals surface area (Å²) < 4.78 is 0. The zero-order valence-corrected chi connectivity index (χ0v) is 8.78. The van der Waals surface area contributed by atoms with E-state index in [0.29, 0.717) is 11.6 Å². The van der Waals surface area contributed by atoms with Crippen LogP contribution in [0, 0.1) is 0 Å². The normalized spacial score (nSPS) is 10.4. The molecule has 0 radical (unpaired) electrons. The van der Waals surface area contributed by atoms with Crippen LogP contribution in [-0.2, 0) is 0 Å². The molecular formula is C11H8N6. The van der Waals surface area contributed by atoms with E-state index < -0.39 is 0 Å². The summed E-state index contributed by atoms with van der Waals surface area (Å²) in [6, 6.07) is 5.40. The molecule has 0 aliphatic heterocycles. The average Bonchev–Trinajstić information content (AvgIpc) is 2.94. The Morgan fingerprint density at radius 3 is 2.41 bits per heavy atom. The molecule has 3 heterocycles. The molecule has 0 unspecified atom stereocenters. The van der Waals surface area contributed by atoms with E-state index in [0.717, 1.165) is 11.4 Å². The van der Waals surface area contributed by atoms with Gasteiger partial charge < -0.3 is 0 Å². The highest BCUT2D eigenvalue weighted by Gasteiger charge is 2.06. The van der Waals surface area contributed by atoms with Gasteiger partial charge in [-0.1, -0.05) is 0 Å². The molecule has 0 bridgehead atoms. The summed E-state index contributed by atoms with van der Waals surface area (Å²) in [5.74, 6) is 1.01. The topological polar surface area (TPSA) is 80.2 Å². The fourth-order valence-corrected chi connectivity index (χ4v) is 1.43. The first-order valence-electron chi connectivity index (χ1n) is 5.04. The van der Waals surface area contributed by atoms with Crippen LogP contribution in [0.2, 0.25) is 0 Å². The van der Waals surface area contributed by atoms with E-state index in [2.05, 4.69) is 30.1 Å². The maximum absolute atomic E-state index is 4.38. The molecule has 82 valence electrons. The third-order valence-corrected chi connectivity index (χ3v) is 2.20. The summed E-state index contributed by atoms with van der Waals surface area (Å²) in [5, 5.41) is 6.74. The number of hydrogen-bond donors (Lipinski definition) is 1. The van der Waals surface area contributed by atoms with Crippen molar-refractivity contribution in [2.45, 2.75) is 0 Å². The Labute approximate surface area is 96.8 Å². The molecule has 0 atom stereocenters. The molecule has 3 rings (SSSR count). The largest absolute Gasteiger partial charge is 0.276 e. The number of aromatic nitrogens is 6. The summed E-state index contributed by atoms with van der Waals surface area (Å²) in [6.07, 6.45) is 6.67. The number of aromatic amines is 1. The minimum Gasteiger partial charge on any atom is -0.276 e. The molecule has 0 spiro atoms. The second-order valence-electron chi connectivity index (χ2n) is 3.31. The highest BCUT2D eigenvalue weighted by molar-refractivity contribution is 5.56. The lowest BCUT2D eigenvalue weighted by Crippen LogP contribution is -1.95. The first kappa shape index (κ1) is 9.59. The van der Waals surface area contributed by atoms with Gasteiger partial charge in [-0.25, -0.2) is 19.9 Å². The van der Waals surface area contributed by atoms with E-state index in [1.165, 1.54) is 0 Å². The lowest BCUT2D eigenvalue weighted by molar-refractivity contribution is 1.06. The van der Waals surface area contributed by atoms with E-state index in [-0.39, 0.29) is 0 Å². The van der Waals surface area contributed by atoms with Gasteiger partial charge >= 0.3 is 0 Å². The van der Waals surface area contributed by atoms with Crippen molar-refractivity contribution in [3.05, 3.63) is 43.0 Å². The van der Waals surface area contributed by atoms with E-state index in [4.69, 9.17) is 0 Å². The maximum Gasteiger partial charge on any atom is 0.198 e. The van der Waals surface area contributed by atoms with Crippen LogP contribution < -0.4 is 0 Å². The van der Waals surface area contributed by atoms with Crippen LogP contribution in [0.4, 0.5) is 0 Å². The lowest BCUT2D eigenvalue weighted by Gasteiger charge is -2.00. The smallest absolute Gasteiger partial charge is 0.198 e. The van der Waals surface area contributed by atoms with Crippen molar-refractivity contribution in [1.82, 2.24) is 30.1 Å². The van der Waals surface area contributed by atoms with Crippen LogP contribution in [0.1, 0.15) is 0 Å². The first-order valence-corrected chi connectivity index (χ1v) is 5.04. The summed E-state index contributed by atoms with van der Waals surface area (Å²) in [6.45, 7) is 0. The molecule has 0 saturated heterocycles. The van der Waals surface area contributed by atoms with Gasteiger partial charge in [-0.05, 0) is 18.2 Å². The molecule has 3 aromatic heterocycles. The number of nitrogens with zero attached hydrogens (tertiary/aromatic N) is 5. The molecule has 6 heteroatoms. The monoisotopic (exact) mass is 224 g/mol. The van der Waals surface area contributed by atoms with Gasteiger partial charge in [0.1, 0.15) is 0 Å². The molecule has 0 fully saturated rings. The molecular weight excluding hydrogens is 216 g/mol. The van der Waals surface area contributed by atoms with Gasteiger partial charge in [0.05, 0.1) is 11.4 Å². The van der Waals surface area contributed by atoms with Gasteiger partial charge in [0.2, 0.25) is 0 Å². The summed E-state index contributed by atoms with van der Waals surface area (Å²) >= 11 is 0. The first-order chi connectivity index (χ1) is 8.43. The van der Waals surface area contributed by atoms with E-state index in [1.54, 1.807) is 36.9 Å². The molecule has 0 aliphatic rings. The fraction of sp³-hybridized carbons (Fsp3) is 0. The molecule has 0 aromatic carbocycles. The molecule has 0 saturated carbocycles. The van der Waals surface area contributed by atoms with Crippen LogP contribution in [0.25, 0.3) is 23.0 Å². The third-order valence-electron chi connectivity index (χ3n) is 2.20. The van der Waals surface area contributed by atoms with Gasteiger partial charge in [-0.15, -0.1) is 0 Å². The fourth-order valence-electron chi connectivity index (χ4n) is 1.43. The third kappa shape index (κ3) is 1.87. The second kappa shape index (κ2) is 4.09. The predicted molar refractivity (Wildman–Crippen MR) is 60.6 cm³/mol. The Kier molecular flexibility index (Phi) is 2.31. The van der Waals surface area contributed by atoms with E-state index in [9.17, 15) is 0 Å². The summed E-state index contributed by atoms with van der Waals surface area (Å²) in [7, 11) is 0. The van der Waals surface area contributed by atoms with Crippen LogP contribution >= 0.6 is 0 Å². The maximum atomic E-state index is 4.38. The molecule has 3 aromatic rings. The second-order valence-corrected chi connectivity index (χ2v) is 3.31. The highest BCUT2D eigenvalue weighted by atomic mass is 15.1. The average molecular weight is 224 g/mol. The van der Waals surface area contributed by atoms with Crippen LogP contribution in [0.5, 0.6) is 0 Å². The van der Waals surface area contributed by atoms with Gasteiger partial charge in [0.15, 0.2) is 11.6 Å². The SMILES string of the molecule is c1cnc(-c2nccc(-c3ccn[nH]3)n2)nc1. The number of H-pyrrole nitrogens is 1. The molecule has 0 amide bonds. The van der Waals surface area contributed by atoms with Crippen LogP contribution in [0.15, 0.2) is 43.0 Å². The molecule has 0 aliphatic carbocycles. The number of nitrogens with one attached hydrogen (secondary N) is 1. The van der Waals surface area contributed by atoms with Crippen molar-refractivity contribution in [1.29, 1.82) is 0 Å². The highest BCUT2D eigenvalue weighted by Crippen LogP contribution is 2.15. The summed E-state index contributed by atoms with van der Waals surface area (Å²) in [5.41, 5.74) is 1.60. The van der Waals surface area contributed by atoms with E-state index >= 15 is 0 Å². The van der Waals surface area contributed by atoms with Crippen LogP contribution in [-0.4, -0.2) is 30.1 Å². The van der Waals surface area contributed by atoms with Crippen molar-refractivity contribution in [2.75, 3.05) is 0 Å². The zero-order chi connectivity index (χ0) is 11.5. The zero-order valence-electron chi connectivity index (χ0n) is 8.78. The van der Waals surface area contributed by atoms with Gasteiger partial charge in [-0.3, -0.25) is 5.10 Å². The predicted octanol–water partition coefficient (Wildman–Crippen LogP) is 1.32. The minimum atomic E-state index is 0.498. The Morgan fingerprint density at radius 1 is 0.824 bits per heavy atom. The van der Waals surface area contributed by atoms with E-state index in [1.807, 2.05) is 6.07 Å². The standard InChI is InChI=1S/C11H8N6/c1-4-12-10(13-5-1)11-14-6-2-8(16-11)9-3-7-15-17-9/h1-7H,(H,15,17). The molecule has 6 nitrogen and oxygen atoms in total. The van der Waals surface area contributed by atoms with Crippen molar-refractivity contribution in [3.8, 4) is 23.0 Å². The van der Waals surface area contributed by atoms with Crippen molar-refractivity contribution < 1.29 is 0 Å². The van der Waals surface area contributed by atoms with Gasteiger partial charge in [-0.2, -0.15) is 5.10 Å². The minimum absolute atomic E-state index is 0.498. The van der Waals surface area contributed by atoms with Crippen molar-refractivity contribution >= 4 is 0 Å². The van der Waals surface area contributed by atoms with Crippen LogP contribution in [0.3, 0.4) is 0 Å². The Morgan fingerprint density at radius 2 is 1.65 bits per heavy atom. The molecule has 17 heavy (non-hydrogen) atoms.